The van der Waals surface area contributed by atoms with Crippen molar-refractivity contribution in [2.75, 3.05) is 0 Å². The molecular weight excluding hydrogens is 306 g/mol. The van der Waals surface area contributed by atoms with Gasteiger partial charge in [-0.1, -0.05) is 11.6 Å². The van der Waals surface area contributed by atoms with Gasteiger partial charge in [0, 0.05) is 16.6 Å². The molecule has 6 heteroatoms. The first-order valence-electron chi connectivity index (χ1n) is 6.23. The van der Waals surface area contributed by atoms with Gasteiger partial charge in [-0.2, -0.15) is 0 Å². The first kappa shape index (κ1) is 12.5. The fourth-order valence-corrected chi connectivity index (χ4v) is 3.41. The van der Waals surface area contributed by atoms with E-state index in [0.29, 0.717) is 16.2 Å². The highest BCUT2D eigenvalue weighted by Crippen LogP contribution is 2.29. The predicted octanol–water partition coefficient (Wildman–Crippen LogP) is 3.65. The van der Waals surface area contributed by atoms with E-state index in [1.807, 2.05) is 18.2 Å². The molecule has 0 unspecified atom stereocenters. The van der Waals surface area contributed by atoms with Crippen LogP contribution in [0, 0.1) is 0 Å². The Bertz CT molecular complexity index is 1020. The van der Waals surface area contributed by atoms with Gasteiger partial charge in [0.05, 0.1) is 27.6 Å². The molecule has 0 atom stereocenters. The molecule has 0 radical (unpaired) electrons. The number of nitrogens with zero attached hydrogens (tertiary/aromatic N) is 3. The highest BCUT2D eigenvalue weighted by molar-refractivity contribution is 7.17. The van der Waals surface area contributed by atoms with E-state index >= 15 is 0 Å². The molecule has 1 aromatic carbocycles. The van der Waals surface area contributed by atoms with Crippen molar-refractivity contribution < 1.29 is 0 Å². The number of rotatable bonds is 1. The molecule has 0 aliphatic rings. The summed E-state index contributed by atoms with van der Waals surface area (Å²) < 4.78 is 2.49. The van der Waals surface area contributed by atoms with E-state index < -0.39 is 0 Å². The van der Waals surface area contributed by atoms with Gasteiger partial charge >= 0.3 is 0 Å². The average Bonchev–Trinajstić information content (AvgIpc) is 2.98. The molecule has 4 nitrogen and oxygen atoms in total. The zero-order valence-corrected chi connectivity index (χ0v) is 12.2. The second-order valence-electron chi connectivity index (χ2n) is 4.54. The Hall–Kier alpha value is -2.24. The number of fused-ring (bicyclic) bond motifs is 3. The maximum absolute atomic E-state index is 12.8. The maximum Gasteiger partial charge on any atom is 0.283 e. The molecule has 0 amide bonds. The van der Waals surface area contributed by atoms with Gasteiger partial charge in [0.25, 0.3) is 5.56 Å². The molecule has 0 saturated heterocycles. The Labute approximate surface area is 128 Å². The molecule has 3 aromatic heterocycles. The van der Waals surface area contributed by atoms with E-state index in [4.69, 9.17) is 11.6 Å². The third-order valence-electron chi connectivity index (χ3n) is 3.32. The zero-order chi connectivity index (χ0) is 14.4. The number of hydrogen-bond donors (Lipinski definition) is 0. The topological polar surface area (TPSA) is 47.8 Å². The second kappa shape index (κ2) is 4.65. The molecule has 0 fully saturated rings. The van der Waals surface area contributed by atoms with Gasteiger partial charge in [-0.3, -0.25) is 14.3 Å². The van der Waals surface area contributed by atoms with Crippen LogP contribution >= 0.6 is 22.9 Å². The van der Waals surface area contributed by atoms with Crippen molar-refractivity contribution >= 4 is 44.1 Å². The van der Waals surface area contributed by atoms with Crippen LogP contribution in [0.3, 0.4) is 0 Å². The lowest BCUT2D eigenvalue weighted by Gasteiger charge is -2.10. The van der Waals surface area contributed by atoms with E-state index in [1.54, 1.807) is 34.6 Å². The molecule has 102 valence electrons. The van der Waals surface area contributed by atoms with E-state index in [-0.39, 0.29) is 5.56 Å². The Balaban J connectivity index is 2.28. The van der Waals surface area contributed by atoms with Crippen LogP contribution in [0.25, 0.3) is 26.8 Å². The Morgan fingerprint density at radius 3 is 2.95 bits per heavy atom. The van der Waals surface area contributed by atoms with Crippen LogP contribution in [0.4, 0.5) is 0 Å². The standard InChI is InChI=1S/C15H8ClN3OS/c16-9-3-4-11-12(6-9)19(10-2-1-5-17-7-10)15(20)13-14(11)21-8-18-13/h1-8H. The minimum absolute atomic E-state index is 0.158. The highest BCUT2D eigenvalue weighted by Gasteiger charge is 2.14. The van der Waals surface area contributed by atoms with Crippen LogP contribution in [-0.2, 0) is 0 Å². The molecule has 0 aliphatic heterocycles. The summed E-state index contributed by atoms with van der Waals surface area (Å²) in [6.07, 6.45) is 3.32. The third kappa shape index (κ3) is 1.86. The van der Waals surface area contributed by atoms with E-state index in [9.17, 15) is 4.79 Å². The van der Waals surface area contributed by atoms with Crippen molar-refractivity contribution in [1.29, 1.82) is 0 Å². The lowest BCUT2D eigenvalue weighted by molar-refractivity contribution is 1.04. The highest BCUT2D eigenvalue weighted by atomic mass is 35.5. The largest absolute Gasteiger partial charge is 0.283 e. The summed E-state index contributed by atoms with van der Waals surface area (Å²) in [7, 11) is 0. The molecule has 4 aromatic rings. The summed E-state index contributed by atoms with van der Waals surface area (Å²) >= 11 is 7.57. The Kier molecular flexibility index (Phi) is 2.77. The van der Waals surface area contributed by atoms with Gasteiger partial charge in [-0.25, -0.2) is 4.98 Å². The van der Waals surface area contributed by atoms with E-state index in [1.165, 1.54) is 11.3 Å². The van der Waals surface area contributed by atoms with Crippen LogP contribution < -0.4 is 5.56 Å². The van der Waals surface area contributed by atoms with Gasteiger partial charge in [0.15, 0.2) is 0 Å². The lowest BCUT2D eigenvalue weighted by atomic mass is 10.2. The first-order valence-corrected chi connectivity index (χ1v) is 7.49. The number of thiazole rings is 1. The number of halogens is 1. The third-order valence-corrected chi connectivity index (χ3v) is 4.42. The molecular formula is C15H8ClN3OS. The van der Waals surface area contributed by atoms with Crippen molar-refractivity contribution in [3.05, 3.63) is 63.6 Å². The monoisotopic (exact) mass is 313 g/mol. The molecule has 0 aliphatic carbocycles. The van der Waals surface area contributed by atoms with Crippen LogP contribution in [0.2, 0.25) is 5.02 Å². The number of hydrogen-bond acceptors (Lipinski definition) is 4. The molecule has 0 N–H and O–H groups in total. The number of pyridine rings is 2. The van der Waals surface area contributed by atoms with Gasteiger partial charge in [0.2, 0.25) is 0 Å². The van der Waals surface area contributed by atoms with Crippen molar-refractivity contribution in [2.24, 2.45) is 0 Å². The summed E-state index contributed by atoms with van der Waals surface area (Å²) in [5.41, 5.74) is 3.46. The van der Waals surface area contributed by atoms with Crippen LogP contribution in [-0.4, -0.2) is 14.5 Å². The normalized spacial score (nSPS) is 11.3. The molecule has 21 heavy (non-hydrogen) atoms. The number of aromatic nitrogens is 3. The second-order valence-corrected chi connectivity index (χ2v) is 5.83. The van der Waals surface area contributed by atoms with Crippen molar-refractivity contribution in [1.82, 2.24) is 14.5 Å². The van der Waals surface area contributed by atoms with Gasteiger partial charge in [-0.05, 0) is 30.3 Å². The summed E-state index contributed by atoms with van der Waals surface area (Å²) in [5, 5.41) is 1.55. The molecule has 4 rings (SSSR count). The molecule has 3 heterocycles. The Morgan fingerprint density at radius 1 is 1.24 bits per heavy atom. The Morgan fingerprint density at radius 2 is 2.14 bits per heavy atom. The molecule has 0 saturated carbocycles. The van der Waals surface area contributed by atoms with Gasteiger partial charge in [0.1, 0.15) is 5.52 Å². The predicted molar refractivity (Wildman–Crippen MR) is 85.5 cm³/mol. The quantitative estimate of drug-likeness (QED) is 0.539. The van der Waals surface area contributed by atoms with Gasteiger partial charge in [-0.15, -0.1) is 11.3 Å². The summed E-state index contributed by atoms with van der Waals surface area (Å²) in [4.78, 5) is 21.0. The minimum atomic E-state index is -0.158. The average molecular weight is 314 g/mol. The van der Waals surface area contributed by atoms with Crippen LogP contribution in [0.1, 0.15) is 0 Å². The summed E-state index contributed by atoms with van der Waals surface area (Å²) in [5.74, 6) is 0. The fourth-order valence-electron chi connectivity index (χ4n) is 2.43. The first-order chi connectivity index (χ1) is 10.3. The van der Waals surface area contributed by atoms with Crippen molar-refractivity contribution in [2.45, 2.75) is 0 Å². The van der Waals surface area contributed by atoms with E-state index in [2.05, 4.69) is 9.97 Å². The van der Waals surface area contributed by atoms with Crippen molar-refractivity contribution in [3.63, 3.8) is 0 Å². The smallest absolute Gasteiger partial charge is 0.273 e. The number of benzene rings is 1. The maximum atomic E-state index is 12.8. The summed E-state index contributed by atoms with van der Waals surface area (Å²) in [6.45, 7) is 0. The zero-order valence-electron chi connectivity index (χ0n) is 10.7. The molecule has 0 bridgehead atoms. The van der Waals surface area contributed by atoms with Crippen molar-refractivity contribution in [3.8, 4) is 5.69 Å². The minimum Gasteiger partial charge on any atom is -0.273 e. The molecule has 0 spiro atoms. The van der Waals surface area contributed by atoms with Crippen LogP contribution in [0.5, 0.6) is 0 Å². The van der Waals surface area contributed by atoms with Crippen LogP contribution in [0.15, 0.2) is 53.0 Å². The lowest BCUT2D eigenvalue weighted by Crippen LogP contribution is -2.19. The summed E-state index contributed by atoms with van der Waals surface area (Å²) in [6, 6.07) is 9.17. The van der Waals surface area contributed by atoms with Gasteiger partial charge < -0.3 is 0 Å². The van der Waals surface area contributed by atoms with E-state index in [0.717, 1.165) is 15.6 Å². The SMILES string of the molecule is O=c1c2ncsc2c2ccc(Cl)cc2n1-c1cccnc1. The fraction of sp³-hybridized carbons (Fsp3) is 0.